The van der Waals surface area contributed by atoms with Crippen LogP contribution in [0.5, 0.6) is 0 Å². The normalized spacial score (nSPS) is 12.8. The number of imidazole rings is 1. The molecule has 1 aromatic carbocycles. The number of rotatable bonds is 6. The van der Waals surface area contributed by atoms with Crippen molar-refractivity contribution in [1.29, 1.82) is 0 Å². The first-order valence-electron chi connectivity index (χ1n) is 7.41. The van der Waals surface area contributed by atoms with E-state index in [2.05, 4.69) is 67.0 Å². The second-order valence-electron chi connectivity index (χ2n) is 5.61. The molecule has 2 aromatic rings. The van der Waals surface area contributed by atoms with Crippen molar-refractivity contribution >= 4 is 0 Å². The van der Waals surface area contributed by atoms with Gasteiger partial charge in [-0.3, -0.25) is 0 Å². The molecule has 1 N–H and O–H groups in total. The summed E-state index contributed by atoms with van der Waals surface area (Å²) in [7, 11) is 2.05. The highest BCUT2D eigenvalue weighted by Crippen LogP contribution is 2.19. The molecule has 1 unspecified atom stereocenters. The average molecular weight is 271 g/mol. The SMILES string of the molecule is CCNC(Cc1ccc(C(C)C)cc1)c1nccn1C. The van der Waals surface area contributed by atoms with Crippen molar-refractivity contribution in [2.24, 2.45) is 7.05 Å². The van der Waals surface area contributed by atoms with E-state index < -0.39 is 0 Å². The Morgan fingerprint density at radius 3 is 2.40 bits per heavy atom. The van der Waals surface area contributed by atoms with Crippen LogP contribution < -0.4 is 5.32 Å². The predicted molar refractivity (Wildman–Crippen MR) is 83.9 cm³/mol. The van der Waals surface area contributed by atoms with Gasteiger partial charge >= 0.3 is 0 Å². The van der Waals surface area contributed by atoms with Crippen LogP contribution in [0, 0.1) is 0 Å². The average Bonchev–Trinajstić information content (AvgIpc) is 2.85. The monoisotopic (exact) mass is 271 g/mol. The smallest absolute Gasteiger partial charge is 0.125 e. The van der Waals surface area contributed by atoms with E-state index in [-0.39, 0.29) is 6.04 Å². The highest BCUT2D eigenvalue weighted by atomic mass is 15.1. The van der Waals surface area contributed by atoms with Gasteiger partial charge in [-0.2, -0.15) is 0 Å². The van der Waals surface area contributed by atoms with Crippen LogP contribution in [-0.4, -0.2) is 16.1 Å². The van der Waals surface area contributed by atoms with Gasteiger partial charge < -0.3 is 9.88 Å². The number of hydrogen-bond acceptors (Lipinski definition) is 2. The third kappa shape index (κ3) is 3.48. The minimum absolute atomic E-state index is 0.268. The van der Waals surface area contributed by atoms with Crippen molar-refractivity contribution in [3.05, 3.63) is 53.6 Å². The van der Waals surface area contributed by atoms with Crippen LogP contribution in [0.3, 0.4) is 0 Å². The van der Waals surface area contributed by atoms with Gasteiger partial charge in [-0.05, 0) is 30.0 Å². The predicted octanol–water partition coefficient (Wildman–Crippen LogP) is 3.44. The van der Waals surface area contributed by atoms with Crippen molar-refractivity contribution in [2.45, 2.75) is 39.2 Å². The molecule has 20 heavy (non-hydrogen) atoms. The van der Waals surface area contributed by atoms with Gasteiger partial charge in [-0.15, -0.1) is 0 Å². The summed E-state index contributed by atoms with van der Waals surface area (Å²) in [6, 6.07) is 9.22. The van der Waals surface area contributed by atoms with Crippen LogP contribution in [0.2, 0.25) is 0 Å². The minimum Gasteiger partial charge on any atom is -0.337 e. The Kier molecular flexibility index (Phi) is 4.96. The van der Waals surface area contributed by atoms with Crippen molar-refractivity contribution < 1.29 is 0 Å². The number of aryl methyl sites for hydroxylation is 1. The zero-order valence-electron chi connectivity index (χ0n) is 12.9. The Bertz CT molecular complexity index is 525. The molecule has 0 amide bonds. The summed E-state index contributed by atoms with van der Waals surface area (Å²) in [5.41, 5.74) is 2.74. The van der Waals surface area contributed by atoms with Crippen LogP contribution in [-0.2, 0) is 13.5 Å². The van der Waals surface area contributed by atoms with Crippen LogP contribution in [0.25, 0.3) is 0 Å². The van der Waals surface area contributed by atoms with Gasteiger partial charge in [0.15, 0.2) is 0 Å². The van der Waals surface area contributed by atoms with Gasteiger partial charge in [0.2, 0.25) is 0 Å². The minimum atomic E-state index is 0.268. The van der Waals surface area contributed by atoms with Crippen molar-refractivity contribution in [2.75, 3.05) is 6.54 Å². The van der Waals surface area contributed by atoms with Crippen molar-refractivity contribution in [3.8, 4) is 0 Å². The van der Waals surface area contributed by atoms with E-state index >= 15 is 0 Å². The van der Waals surface area contributed by atoms with Crippen LogP contribution in [0.15, 0.2) is 36.7 Å². The fraction of sp³-hybridized carbons (Fsp3) is 0.471. The lowest BCUT2D eigenvalue weighted by molar-refractivity contribution is 0.506. The first-order valence-corrected chi connectivity index (χ1v) is 7.41. The molecule has 0 saturated carbocycles. The molecule has 3 nitrogen and oxygen atoms in total. The molecule has 0 spiro atoms. The maximum atomic E-state index is 4.48. The Balaban J connectivity index is 2.14. The van der Waals surface area contributed by atoms with Gasteiger partial charge in [-0.1, -0.05) is 45.0 Å². The molecule has 1 aromatic heterocycles. The maximum absolute atomic E-state index is 4.48. The molecule has 1 atom stereocenters. The summed E-state index contributed by atoms with van der Waals surface area (Å²) in [6.45, 7) is 7.54. The number of likely N-dealkylation sites (N-methyl/N-ethyl adjacent to an activating group) is 1. The van der Waals surface area contributed by atoms with E-state index in [4.69, 9.17) is 0 Å². The summed E-state index contributed by atoms with van der Waals surface area (Å²) in [4.78, 5) is 4.48. The third-order valence-corrected chi connectivity index (χ3v) is 3.71. The van der Waals surface area contributed by atoms with E-state index in [0.717, 1.165) is 18.8 Å². The van der Waals surface area contributed by atoms with Crippen molar-refractivity contribution in [1.82, 2.24) is 14.9 Å². The molecule has 0 aliphatic heterocycles. The zero-order valence-corrected chi connectivity index (χ0v) is 12.9. The summed E-state index contributed by atoms with van der Waals surface area (Å²) in [5.74, 6) is 1.68. The second-order valence-corrected chi connectivity index (χ2v) is 5.61. The van der Waals surface area contributed by atoms with Gasteiger partial charge in [0.05, 0.1) is 6.04 Å². The van der Waals surface area contributed by atoms with Crippen LogP contribution in [0.4, 0.5) is 0 Å². The Hall–Kier alpha value is -1.61. The lowest BCUT2D eigenvalue weighted by atomic mass is 9.99. The summed E-state index contributed by atoms with van der Waals surface area (Å²) in [6.07, 6.45) is 4.83. The van der Waals surface area contributed by atoms with Gasteiger partial charge in [0.25, 0.3) is 0 Å². The molecule has 0 fully saturated rings. The van der Waals surface area contributed by atoms with E-state index in [1.807, 2.05) is 12.4 Å². The quantitative estimate of drug-likeness (QED) is 0.872. The molecule has 0 saturated heterocycles. The first-order chi connectivity index (χ1) is 9.61. The fourth-order valence-corrected chi connectivity index (χ4v) is 2.49. The molecule has 0 radical (unpaired) electrons. The summed E-state index contributed by atoms with van der Waals surface area (Å²) >= 11 is 0. The van der Waals surface area contributed by atoms with Gasteiger partial charge in [-0.25, -0.2) is 4.98 Å². The molecule has 1 heterocycles. The number of nitrogens with zero attached hydrogens (tertiary/aromatic N) is 2. The highest BCUT2D eigenvalue weighted by molar-refractivity contribution is 5.25. The molecule has 3 heteroatoms. The van der Waals surface area contributed by atoms with Crippen molar-refractivity contribution in [3.63, 3.8) is 0 Å². The topological polar surface area (TPSA) is 29.9 Å². The molecular weight excluding hydrogens is 246 g/mol. The first kappa shape index (κ1) is 14.8. The van der Waals surface area contributed by atoms with E-state index in [1.165, 1.54) is 11.1 Å². The van der Waals surface area contributed by atoms with Crippen LogP contribution in [0.1, 0.15) is 49.7 Å². The Morgan fingerprint density at radius 2 is 1.90 bits per heavy atom. The molecule has 0 aliphatic carbocycles. The van der Waals surface area contributed by atoms with Gasteiger partial charge in [0, 0.05) is 19.4 Å². The second kappa shape index (κ2) is 6.71. The molecule has 0 aliphatic rings. The van der Waals surface area contributed by atoms with E-state index in [9.17, 15) is 0 Å². The van der Waals surface area contributed by atoms with E-state index in [1.54, 1.807) is 0 Å². The highest BCUT2D eigenvalue weighted by Gasteiger charge is 2.15. The largest absolute Gasteiger partial charge is 0.337 e. The van der Waals surface area contributed by atoms with Crippen LogP contribution >= 0.6 is 0 Å². The molecule has 108 valence electrons. The number of benzene rings is 1. The molecular formula is C17H25N3. The standard InChI is InChI=1S/C17H25N3/c1-5-18-16(17-19-10-11-20(17)4)12-14-6-8-15(9-7-14)13(2)3/h6-11,13,16,18H,5,12H2,1-4H3. The molecule has 0 bridgehead atoms. The summed E-state index contributed by atoms with van der Waals surface area (Å²) in [5, 5.41) is 3.53. The number of hydrogen-bond donors (Lipinski definition) is 1. The fourth-order valence-electron chi connectivity index (χ4n) is 2.49. The lowest BCUT2D eigenvalue weighted by Crippen LogP contribution is -2.25. The van der Waals surface area contributed by atoms with Gasteiger partial charge in [0.1, 0.15) is 5.82 Å². The number of nitrogens with one attached hydrogen (secondary N) is 1. The maximum Gasteiger partial charge on any atom is 0.125 e. The Morgan fingerprint density at radius 1 is 1.20 bits per heavy atom. The lowest BCUT2D eigenvalue weighted by Gasteiger charge is -2.18. The zero-order chi connectivity index (χ0) is 14.5. The number of aromatic nitrogens is 2. The summed E-state index contributed by atoms with van der Waals surface area (Å²) < 4.78 is 2.09. The molecule has 2 rings (SSSR count). The Labute approximate surface area is 122 Å². The third-order valence-electron chi connectivity index (χ3n) is 3.71. The van der Waals surface area contributed by atoms with E-state index in [0.29, 0.717) is 5.92 Å².